The molecule has 0 aliphatic carbocycles. The Bertz CT molecular complexity index is 731. The van der Waals surface area contributed by atoms with Crippen LogP contribution in [0.1, 0.15) is 15.9 Å². The molecule has 120 valence electrons. The first-order valence-electron chi connectivity index (χ1n) is 7.23. The highest BCUT2D eigenvalue weighted by molar-refractivity contribution is 6.08. The van der Waals surface area contributed by atoms with Gasteiger partial charge in [0.05, 0.1) is 5.69 Å². The molecule has 2 N–H and O–H groups in total. The molecule has 0 saturated heterocycles. The van der Waals surface area contributed by atoms with Gasteiger partial charge >= 0.3 is 0 Å². The molecule has 0 aliphatic heterocycles. The molecule has 0 atom stereocenters. The molecular weight excluding hydrogens is 304 g/mol. The minimum atomic E-state index is 0.0752. The van der Waals surface area contributed by atoms with Crippen LogP contribution in [0.5, 0.6) is 0 Å². The molecule has 0 heterocycles. The lowest BCUT2D eigenvalue weighted by molar-refractivity contribution is 0.103. The standard InChI is InChI=1S/C13H10O.C6H6N2O2/c14-13(11-7-3-1-4-8-11)12-9-5-2-6-10-12;9-7-5-1-2-6(8-10)4-3-5/h1-10H;1-4,7,9H. The van der Waals surface area contributed by atoms with Gasteiger partial charge in [-0.05, 0) is 29.4 Å². The molecule has 3 aromatic rings. The maximum atomic E-state index is 11.8. The Labute approximate surface area is 139 Å². The fourth-order valence-corrected chi connectivity index (χ4v) is 1.94. The van der Waals surface area contributed by atoms with Crippen LogP contribution in [0.25, 0.3) is 0 Å². The predicted molar refractivity (Wildman–Crippen MR) is 93.6 cm³/mol. The third kappa shape index (κ3) is 4.86. The topological polar surface area (TPSA) is 78.8 Å². The quantitative estimate of drug-likeness (QED) is 0.411. The summed E-state index contributed by atoms with van der Waals surface area (Å²) in [5.74, 6) is 0.0752. The van der Waals surface area contributed by atoms with Crippen LogP contribution in [-0.4, -0.2) is 11.0 Å². The van der Waals surface area contributed by atoms with Crippen molar-refractivity contribution in [3.8, 4) is 0 Å². The number of anilines is 1. The first-order valence-corrected chi connectivity index (χ1v) is 7.23. The van der Waals surface area contributed by atoms with Crippen LogP contribution in [0, 0.1) is 4.91 Å². The Morgan fingerprint density at radius 2 is 1.21 bits per heavy atom. The lowest BCUT2D eigenvalue weighted by Crippen LogP contribution is -1.99. The molecule has 0 spiro atoms. The van der Waals surface area contributed by atoms with Crippen LogP contribution in [0.2, 0.25) is 0 Å². The first-order chi connectivity index (χ1) is 11.7. The molecule has 0 fully saturated rings. The zero-order valence-electron chi connectivity index (χ0n) is 12.8. The van der Waals surface area contributed by atoms with Gasteiger partial charge < -0.3 is 0 Å². The van der Waals surface area contributed by atoms with Crippen LogP contribution in [0.3, 0.4) is 0 Å². The average Bonchev–Trinajstić information content (AvgIpc) is 2.69. The summed E-state index contributed by atoms with van der Waals surface area (Å²) in [7, 11) is 0. The maximum absolute atomic E-state index is 11.8. The van der Waals surface area contributed by atoms with Crippen molar-refractivity contribution in [1.82, 2.24) is 0 Å². The Kier molecular flexibility index (Phi) is 6.37. The number of ketones is 1. The summed E-state index contributed by atoms with van der Waals surface area (Å²) in [6.45, 7) is 0. The molecule has 3 aromatic carbocycles. The van der Waals surface area contributed by atoms with Crippen LogP contribution in [-0.2, 0) is 0 Å². The first kappa shape index (κ1) is 17.1. The van der Waals surface area contributed by atoms with Crippen molar-refractivity contribution in [1.29, 1.82) is 0 Å². The number of nitrogens with zero attached hydrogens (tertiary/aromatic N) is 1. The van der Waals surface area contributed by atoms with Crippen LogP contribution >= 0.6 is 0 Å². The number of carbonyl (C=O) groups is 1. The van der Waals surface area contributed by atoms with Gasteiger partial charge in [-0.2, -0.15) is 0 Å². The zero-order valence-corrected chi connectivity index (χ0v) is 12.8. The van der Waals surface area contributed by atoms with Gasteiger partial charge in [0.1, 0.15) is 5.69 Å². The largest absolute Gasteiger partial charge is 0.291 e. The SMILES string of the molecule is O=C(c1ccccc1)c1ccccc1.O=Nc1ccc(NO)cc1. The second-order valence-electron chi connectivity index (χ2n) is 4.81. The molecule has 24 heavy (non-hydrogen) atoms. The third-order valence-corrected chi connectivity index (χ3v) is 3.17. The van der Waals surface area contributed by atoms with Gasteiger partial charge in [0, 0.05) is 11.1 Å². The normalized spacial score (nSPS) is 9.38. The highest BCUT2D eigenvalue weighted by atomic mass is 16.5. The summed E-state index contributed by atoms with van der Waals surface area (Å²) < 4.78 is 0. The molecule has 0 aliphatic rings. The molecule has 0 amide bonds. The monoisotopic (exact) mass is 320 g/mol. The van der Waals surface area contributed by atoms with Crippen molar-refractivity contribution in [2.45, 2.75) is 0 Å². The van der Waals surface area contributed by atoms with Crippen LogP contribution in [0.15, 0.2) is 90.1 Å². The number of benzene rings is 3. The second-order valence-corrected chi connectivity index (χ2v) is 4.81. The lowest BCUT2D eigenvalue weighted by Gasteiger charge is -1.99. The van der Waals surface area contributed by atoms with E-state index in [1.165, 1.54) is 12.1 Å². The average molecular weight is 320 g/mol. The summed E-state index contributed by atoms with van der Waals surface area (Å²) in [5, 5.41) is 11.0. The molecule has 3 rings (SSSR count). The smallest absolute Gasteiger partial charge is 0.193 e. The van der Waals surface area contributed by atoms with Gasteiger partial charge in [0.15, 0.2) is 5.78 Å². The van der Waals surface area contributed by atoms with E-state index in [0.717, 1.165) is 11.1 Å². The van der Waals surface area contributed by atoms with Gasteiger partial charge in [0.25, 0.3) is 0 Å². The Morgan fingerprint density at radius 3 is 1.58 bits per heavy atom. The van der Waals surface area contributed by atoms with E-state index >= 15 is 0 Å². The minimum Gasteiger partial charge on any atom is -0.291 e. The molecule has 5 nitrogen and oxygen atoms in total. The number of hydrogen-bond acceptors (Lipinski definition) is 5. The number of hydrogen-bond donors (Lipinski definition) is 2. The summed E-state index contributed by atoms with van der Waals surface area (Å²) in [4.78, 5) is 21.7. The highest BCUT2D eigenvalue weighted by Crippen LogP contribution is 2.14. The number of rotatable bonds is 4. The lowest BCUT2D eigenvalue weighted by atomic mass is 10.0. The summed E-state index contributed by atoms with van der Waals surface area (Å²) >= 11 is 0. The molecular formula is C19H16N2O3. The van der Waals surface area contributed by atoms with E-state index in [-0.39, 0.29) is 5.78 Å². The summed E-state index contributed by atoms with van der Waals surface area (Å²) in [6.07, 6.45) is 0. The van der Waals surface area contributed by atoms with E-state index in [1.807, 2.05) is 66.1 Å². The Morgan fingerprint density at radius 1 is 0.750 bits per heavy atom. The van der Waals surface area contributed by atoms with Gasteiger partial charge in [-0.3, -0.25) is 15.5 Å². The summed E-state index contributed by atoms with van der Waals surface area (Å²) in [5.41, 5.74) is 4.29. The Hall–Kier alpha value is -3.31. The Balaban J connectivity index is 0.000000185. The van der Waals surface area contributed by atoms with E-state index < -0.39 is 0 Å². The molecule has 5 heteroatoms. The van der Waals surface area contributed by atoms with Crippen molar-refractivity contribution in [3.05, 3.63) is 101 Å². The van der Waals surface area contributed by atoms with E-state index in [2.05, 4.69) is 5.18 Å². The van der Waals surface area contributed by atoms with Gasteiger partial charge in [-0.1, -0.05) is 60.7 Å². The van der Waals surface area contributed by atoms with Crippen LogP contribution in [0.4, 0.5) is 11.4 Å². The fraction of sp³-hybridized carbons (Fsp3) is 0. The van der Waals surface area contributed by atoms with Crippen molar-refractivity contribution < 1.29 is 10.0 Å². The van der Waals surface area contributed by atoms with Gasteiger partial charge in [0.2, 0.25) is 0 Å². The van der Waals surface area contributed by atoms with E-state index in [4.69, 9.17) is 5.21 Å². The number of nitroso groups, excluding NO2 is 1. The molecule has 0 saturated carbocycles. The summed E-state index contributed by atoms with van der Waals surface area (Å²) in [6, 6.07) is 24.7. The van der Waals surface area contributed by atoms with Crippen LogP contribution < -0.4 is 5.48 Å². The molecule has 0 bridgehead atoms. The molecule has 0 unspecified atom stereocenters. The molecule has 0 radical (unpaired) electrons. The predicted octanol–water partition coefficient (Wildman–Crippen LogP) is 4.80. The van der Waals surface area contributed by atoms with E-state index in [9.17, 15) is 9.70 Å². The van der Waals surface area contributed by atoms with Crippen molar-refractivity contribution in [3.63, 3.8) is 0 Å². The molecule has 0 aromatic heterocycles. The van der Waals surface area contributed by atoms with Crippen molar-refractivity contribution in [2.75, 3.05) is 5.48 Å². The number of carbonyl (C=O) groups excluding carboxylic acids is 1. The fourth-order valence-electron chi connectivity index (χ4n) is 1.94. The van der Waals surface area contributed by atoms with E-state index in [1.54, 1.807) is 12.1 Å². The third-order valence-electron chi connectivity index (χ3n) is 3.17. The van der Waals surface area contributed by atoms with E-state index in [0.29, 0.717) is 11.4 Å². The highest BCUT2D eigenvalue weighted by Gasteiger charge is 2.06. The number of nitrogens with one attached hydrogen (secondary N) is 1. The van der Waals surface area contributed by atoms with Gasteiger partial charge in [-0.25, -0.2) is 0 Å². The van der Waals surface area contributed by atoms with Crippen molar-refractivity contribution >= 4 is 17.2 Å². The zero-order chi connectivity index (χ0) is 17.2. The van der Waals surface area contributed by atoms with Gasteiger partial charge in [-0.15, -0.1) is 4.91 Å². The maximum Gasteiger partial charge on any atom is 0.193 e. The second kappa shape index (κ2) is 8.97. The van der Waals surface area contributed by atoms with Crippen molar-refractivity contribution in [2.24, 2.45) is 5.18 Å². The minimum absolute atomic E-state index is 0.0752.